The average molecular weight is 437 g/mol. The van der Waals surface area contributed by atoms with Crippen LogP contribution in [-0.4, -0.2) is 55.0 Å². The molecule has 2 aromatic carbocycles. The van der Waals surface area contributed by atoms with E-state index in [9.17, 15) is 14.0 Å². The normalized spacial score (nSPS) is 10.7. The predicted molar refractivity (Wildman–Crippen MR) is 115 cm³/mol. The van der Waals surface area contributed by atoms with Crippen molar-refractivity contribution in [3.05, 3.63) is 58.9 Å². The molecule has 0 spiro atoms. The number of hydrogen-bond donors (Lipinski definition) is 2. The lowest BCUT2D eigenvalue weighted by Crippen LogP contribution is -2.39. The van der Waals surface area contributed by atoms with Crippen LogP contribution in [0.4, 0.5) is 14.9 Å². The minimum Gasteiger partial charge on any atom is -0.482 e. The van der Waals surface area contributed by atoms with Crippen molar-refractivity contribution in [2.24, 2.45) is 5.73 Å². The van der Waals surface area contributed by atoms with Gasteiger partial charge in [-0.3, -0.25) is 4.79 Å². The molecule has 0 aromatic heterocycles. The van der Waals surface area contributed by atoms with Gasteiger partial charge >= 0.3 is 6.03 Å². The fourth-order valence-corrected chi connectivity index (χ4v) is 2.99. The summed E-state index contributed by atoms with van der Waals surface area (Å²) < 4.78 is 18.6. The van der Waals surface area contributed by atoms with Gasteiger partial charge in [-0.25, -0.2) is 9.18 Å². The Morgan fingerprint density at radius 1 is 1.17 bits per heavy atom. The second-order valence-corrected chi connectivity index (χ2v) is 7.19. The first-order valence-corrected chi connectivity index (χ1v) is 9.85. The van der Waals surface area contributed by atoms with Gasteiger partial charge in [0, 0.05) is 31.2 Å². The van der Waals surface area contributed by atoms with Crippen molar-refractivity contribution in [3.63, 3.8) is 0 Å². The largest absolute Gasteiger partial charge is 0.482 e. The highest BCUT2D eigenvalue weighted by molar-refractivity contribution is 6.31. The van der Waals surface area contributed by atoms with Crippen molar-refractivity contribution in [3.8, 4) is 5.75 Å². The van der Waals surface area contributed by atoms with Crippen molar-refractivity contribution in [1.29, 1.82) is 0 Å². The molecule has 0 aliphatic heterocycles. The van der Waals surface area contributed by atoms with Crippen molar-refractivity contribution >= 4 is 29.2 Å². The lowest BCUT2D eigenvalue weighted by atomic mass is 10.2. The molecular weight excluding hydrogens is 411 g/mol. The summed E-state index contributed by atoms with van der Waals surface area (Å²) in [6.07, 6.45) is 0. The predicted octanol–water partition coefficient (Wildman–Crippen LogP) is 3.33. The van der Waals surface area contributed by atoms with E-state index in [1.54, 1.807) is 29.2 Å². The van der Waals surface area contributed by atoms with Gasteiger partial charge in [0.15, 0.2) is 6.61 Å². The number of ether oxygens (including phenoxy) is 1. The zero-order valence-electron chi connectivity index (χ0n) is 17.0. The number of nitrogens with one attached hydrogen (secondary N) is 1. The van der Waals surface area contributed by atoms with Gasteiger partial charge in [0.25, 0.3) is 5.91 Å². The maximum absolute atomic E-state index is 13.0. The van der Waals surface area contributed by atoms with Gasteiger partial charge in [0.05, 0.1) is 5.69 Å². The Labute approximate surface area is 180 Å². The summed E-state index contributed by atoms with van der Waals surface area (Å²) >= 11 is 5.93. The van der Waals surface area contributed by atoms with Crippen LogP contribution in [0.25, 0.3) is 0 Å². The maximum Gasteiger partial charge on any atom is 0.316 e. The first-order valence-electron chi connectivity index (χ1n) is 9.48. The van der Waals surface area contributed by atoms with Crippen molar-refractivity contribution < 1.29 is 18.7 Å². The molecule has 7 nitrogen and oxygen atoms in total. The van der Waals surface area contributed by atoms with Crippen molar-refractivity contribution in [2.75, 3.05) is 38.6 Å². The maximum atomic E-state index is 13.0. The fourth-order valence-electron chi connectivity index (χ4n) is 2.82. The van der Waals surface area contributed by atoms with Gasteiger partial charge in [0.1, 0.15) is 11.6 Å². The molecule has 0 unspecified atom stereocenters. The Morgan fingerprint density at radius 3 is 2.50 bits per heavy atom. The third-order valence-corrected chi connectivity index (χ3v) is 4.64. The zero-order chi connectivity index (χ0) is 22.1. The van der Waals surface area contributed by atoms with E-state index >= 15 is 0 Å². The lowest BCUT2D eigenvalue weighted by molar-refractivity contribution is -0.133. The highest BCUT2D eigenvalue weighted by Gasteiger charge is 2.15. The van der Waals surface area contributed by atoms with Crippen LogP contribution in [0.2, 0.25) is 5.02 Å². The van der Waals surface area contributed by atoms with E-state index in [1.807, 2.05) is 14.0 Å². The standard InChI is InChI=1S/C21H26ClFN4O3/c1-3-27(11-10-26(2)13-15-4-7-17(23)8-5-15)20(28)14-30-19-9-6-16(22)12-18(19)25-21(24)29/h4-9,12H,3,10-11,13-14H2,1-2H3,(H3,24,25,29). The quantitative estimate of drug-likeness (QED) is 0.598. The molecule has 2 rings (SSSR count). The number of nitrogens with two attached hydrogens (primary N) is 1. The summed E-state index contributed by atoms with van der Waals surface area (Å²) in [4.78, 5) is 27.4. The van der Waals surface area contributed by atoms with Crippen LogP contribution in [0, 0.1) is 5.82 Å². The minimum absolute atomic E-state index is 0.187. The smallest absolute Gasteiger partial charge is 0.316 e. The molecule has 30 heavy (non-hydrogen) atoms. The summed E-state index contributed by atoms with van der Waals surface area (Å²) in [6.45, 7) is 4.04. The molecule has 0 saturated carbocycles. The monoisotopic (exact) mass is 436 g/mol. The Hall–Kier alpha value is -2.84. The number of nitrogens with zero attached hydrogens (tertiary/aromatic N) is 2. The molecule has 0 aliphatic carbocycles. The number of urea groups is 1. The van der Waals surface area contributed by atoms with Crippen molar-refractivity contribution in [2.45, 2.75) is 13.5 Å². The number of anilines is 1. The molecule has 0 heterocycles. The topological polar surface area (TPSA) is 87.9 Å². The SMILES string of the molecule is CCN(CCN(C)Cc1ccc(F)cc1)C(=O)COc1ccc(Cl)cc1NC(N)=O. The first-order chi connectivity index (χ1) is 14.3. The average Bonchev–Trinajstić information content (AvgIpc) is 2.69. The van der Waals surface area contributed by atoms with E-state index in [-0.39, 0.29) is 18.3 Å². The Balaban J connectivity index is 1.87. The van der Waals surface area contributed by atoms with E-state index in [0.29, 0.717) is 42.6 Å². The molecule has 0 saturated heterocycles. The third kappa shape index (κ3) is 7.53. The first kappa shape index (κ1) is 23.4. The molecule has 0 aliphatic rings. The Bertz CT molecular complexity index is 864. The molecule has 3 amide bonds. The highest BCUT2D eigenvalue weighted by Crippen LogP contribution is 2.28. The summed E-state index contributed by atoms with van der Waals surface area (Å²) in [5.41, 5.74) is 6.44. The zero-order valence-corrected chi connectivity index (χ0v) is 17.8. The summed E-state index contributed by atoms with van der Waals surface area (Å²) in [6, 6.07) is 10.2. The Kier molecular flexibility index (Phi) is 8.89. The van der Waals surface area contributed by atoms with Crippen molar-refractivity contribution in [1.82, 2.24) is 9.80 Å². The van der Waals surface area contributed by atoms with E-state index in [4.69, 9.17) is 22.1 Å². The molecule has 0 bridgehead atoms. The van der Waals surface area contributed by atoms with E-state index in [2.05, 4.69) is 10.2 Å². The van der Waals surface area contributed by atoms with Crippen LogP contribution in [0.15, 0.2) is 42.5 Å². The van der Waals surface area contributed by atoms with Crippen LogP contribution >= 0.6 is 11.6 Å². The molecule has 9 heteroatoms. The number of carbonyl (C=O) groups excluding carboxylic acids is 2. The number of rotatable bonds is 10. The highest BCUT2D eigenvalue weighted by atomic mass is 35.5. The number of hydrogen-bond acceptors (Lipinski definition) is 4. The van der Waals surface area contributed by atoms with E-state index in [0.717, 1.165) is 5.56 Å². The van der Waals surface area contributed by atoms with E-state index in [1.165, 1.54) is 18.2 Å². The number of benzene rings is 2. The molecule has 162 valence electrons. The lowest BCUT2D eigenvalue weighted by Gasteiger charge is -2.25. The number of likely N-dealkylation sites (N-methyl/N-ethyl adjacent to an activating group) is 2. The van der Waals surface area contributed by atoms with Crippen LogP contribution in [0.1, 0.15) is 12.5 Å². The number of halogens is 2. The van der Waals surface area contributed by atoms with Crippen LogP contribution < -0.4 is 15.8 Å². The molecular formula is C21H26ClFN4O3. The second-order valence-electron chi connectivity index (χ2n) is 6.76. The van der Waals surface area contributed by atoms with Gasteiger partial charge in [0.2, 0.25) is 0 Å². The summed E-state index contributed by atoms with van der Waals surface area (Å²) in [7, 11) is 1.94. The second kappa shape index (κ2) is 11.4. The van der Waals surface area contributed by atoms with Crippen LogP contribution in [-0.2, 0) is 11.3 Å². The van der Waals surface area contributed by atoms with Gasteiger partial charge in [-0.05, 0) is 49.9 Å². The van der Waals surface area contributed by atoms with Crippen LogP contribution in [0.5, 0.6) is 5.75 Å². The summed E-state index contributed by atoms with van der Waals surface area (Å²) in [5.74, 6) is -0.150. The van der Waals surface area contributed by atoms with Gasteiger partial charge in [-0.15, -0.1) is 0 Å². The number of carbonyl (C=O) groups is 2. The molecule has 2 aromatic rings. The van der Waals surface area contributed by atoms with Gasteiger partial charge in [-0.1, -0.05) is 23.7 Å². The summed E-state index contributed by atoms with van der Waals surface area (Å²) in [5, 5.41) is 2.82. The van der Waals surface area contributed by atoms with Gasteiger partial charge < -0.3 is 25.6 Å². The third-order valence-electron chi connectivity index (χ3n) is 4.40. The molecule has 0 radical (unpaired) electrons. The van der Waals surface area contributed by atoms with Gasteiger partial charge in [-0.2, -0.15) is 0 Å². The molecule has 0 fully saturated rings. The number of primary amides is 1. The molecule has 3 N–H and O–H groups in total. The Morgan fingerprint density at radius 2 is 1.87 bits per heavy atom. The van der Waals surface area contributed by atoms with E-state index < -0.39 is 6.03 Å². The minimum atomic E-state index is -0.757. The fraction of sp³-hybridized carbons (Fsp3) is 0.333. The molecule has 0 atom stereocenters. The van der Waals surface area contributed by atoms with Crippen LogP contribution in [0.3, 0.4) is 0 Å². The number of amides is 3.